The minimum Gasteiger partial charge on any atom is -0.387 e. The summed E-state index contributed by atoms with van der Waals surface area (Å²) in [4.78, 5) is 23.8. The Labute approximate surface area is 118 Å². The topological polar surface area (TPSA) is 78.8 Å². The van der Waals surface area contributed by atoms with Crippen LogP contribution in [0.15, 0.2) is 6.07 Å². The SMILES string of the molecule is Cc1nc([C@@H]2CN(C(=O)CO)CCO2)cc(N(C)C)n1. The summed E-state index contributed by atoms with van der Waals surface area (Å²) in [5, 5.41) is 8.94. The highest BCUT2D eigenvalue weighted by Crippen LogP contribution is 2.23. The second kappa shape index (κ2) is 6.15. The fraction of sp³-hybridized carbons (Fsp3) is 0.615. The largest absolute Gasteiger partial charge is 0.387 e. The van der Waals surface area contributed by atoms with Crippen molar-refractivity contribution < 1.29 is 14.6 Å². The average Bonchev–Trinajstić information content (AvgIpc) is 2.45. The van der Waals surface area contributed by atoms with Gasteiger partial charge in [-0.05, 0) is 6.92 Å². The van der Waals surface area contributed by atoms with Crippen LogP contribution in [0.1, 0.15) is 17.6 Å². The Balaban J connectivity index is 2.20. The number of hydrogen-bond acceptors (Lipinski definition) is 6. The number of morpholine rings is 1. The minimum absolute atomic E-state index is 0.278. The number of ether oxygens (including phenoxy) is 1. The van der Waals surface area contributed by atoms with Gasteiger partial charge in [0.2, 0.25) is 5.91 Å². The van der Waals surface area contributed by atoms with E-state index in [-0.39, 0.29) is 12.0 Å². The Morgan fingerprint density at radius 2 is 2.30 bits per heavy atom. The first-order valence-electron chi connectivity index (χ1n) is 6.54. The molecule has 7 nitrogen and oxygen atoms in total. The lowest BCUT2D eigenvalue weighted by atomic mass is 10.2. The summed E-state index contributed by atoms with van der Waals surface area (Å²) >= 11 is 0. The third-order valence-corrected chi connectivity index (χ3v) is 3.19. The standard InChI is InChI=1S/C13H20N4O3/c1-9-14-10(6-12(15-9)16(2)3)11-7-17(4-5-20-11)13(19)8-18/h6,11,18H,4-5,7-8H2,1-3H3/t11-/m0/s1. The van der Waals surface area contributed by atoms with Gasteiger partial charge in [0.15, 0.2) is 0 Å². The molecule has 1 aliphatic heterocycles. The number of hydrogen-bond donors (Lipinski definition) is 1. The fourth-order valence-corrected chi connectivity index (χ4v) is 2.12. The minimum atomic E-state index is -0.474. The molecule has 0 saturated carbocycles. The quantitative estimate of drug-likeness (QED) is 0.822. The smallest absolute Gasteiger partial charge is 0.248 e. The molecule has 0 radical (unpaired) electrons. The van der Waals surface area contributed by atoms with Gasteiger partial charge in [-0.2, -0.15) is 0 Å². The maximum absolute atomic E-state index is 11.6. The van der Waals surface area contributed by atoms with Crippen LogP contribution in [0.4, 0.5) is 5.82 Å². The van der Waals surface area contributed by atoms with Crippen LogP contribution in [-0.4, -0.2) is 66.3 Å². The van der Waals surface area contributed by atoms with Crippen LogP contribution in [0.2, 0.25) is 0 Å². The third-order valence-electron chi connectivity index (χ3n) is 3.19. The zero-order valence-electron chi connectivity index (χ0n) is 12.0. The van der Waals surface area contributed by atoms with Crippen molar-refractivity contribution in [1.82, 2.24) is 14.9 Å². The normalized spacial score (nSPS) is 19.0. The van der Waals surface area contributed by atoms with E-state index in [1.807, 2.05) is 32.0 Å². The summed E-state index contributed by atoms with van der Waals surface area (Å²) in [7, 11) is 3.82. The number of carbonyl (C=O) groups excluding carboxylic acids is 1. The summed E-state index contributed by atoms with van der Waals surface area (Å²) in [6, 6.07) is 1.87. The number of anilines is 1. The van der Waals surface area contributed by atoms with E-state index in [9.17, 15) is 4.79 Å². The van der Waals surface area contributed by atoms with Gasteiger partial charge in [0, 0.05) is 26.7 Å². The van der Waals surface area contributed by atoms with E-state index >= 15 is 0 Å². The van der Waals surface area contributed by atoms with Crippen LogP contribution in [0.3, 0.4) is 0 Å². The summed E-state index contributed by atoms with van der Waals surface area (Å²) in [5.74, 6) is 1.19. The molecule has 1 atom stereocenters. The molecule has 1 amide bonds. The van der Waals surface area contributed by atoms with Gasteiger partial charge in [-0.15, -0.1) is 0 Å². The number of aryl methyl sites for hydroxylation is 1. The molecule has 1 saturated heterocycles. The number of rotatable bonds is 3. The van der Waals surface area contributed by atoms with Gasteiger partial charge in [-0.3, -0.25) is 4.79 Å². The van der Waals surface area contributed by atoms with Gasteiger partial charge < -0.3 is 19.6 Å². The first-order chi connectivity index (χ1) is 9.51. The Kier molecular flexibility index (Phi) is 4.51. The lowest BCUT2D eigenvalue weighted by molar-refractivity contribution is -0.142. The Bertz CT molecular complexity index is 493. The molecule has 2 rings (SSSR count). The lowest BCUT2D eigenvalue weighted by Crippen LogP contribution is -2.43. The Hall–Kier alpha value is -1.73. The van der Waals surface area contributed by atoms with Crippen molar-refractivity contribution in [2.45, 2.75) is 13.0 Å². The first-order valence-corrected chi connectivity index (χ1v) is 6.54. The van der Waals surface area contributed by atoms with Crippen molar-refractivity contribution >= 4 is 11.7 Å². The van der Waals surface area contributed by atoms with Crippen LogP contribution in [0.5, 0.6) is 0 Å². The molecule has 0 unspecified atom stereocenters. The van der Waals surface area contributed by atoms with E-state index in [1.165, 1.54) is 0 Å². The second-order valence-electron chi connectivity index (χ2n) is 4.95. The Morgan fingerprint density at radius 3 is 2.95 bits per heavy atom. The molecule has 20 heavy (non-hydrogen) atoms. The van der Waals surface area contributed by atoms with Crippen molar-refractivity contribution in [3.63, 3.8) is 0 Å². The van der Waals surface area contributed by atoms with E-state index in [4.69, 9.17) is 9.84 Å². The predicted molar refractivity (Wildman–Crippen MR) is 73.5 cm³/mol. The maximum atomic E-state index is 11.6. The molecule has 1 fully saturated rings. The Morgan fingerprint density at radius 1 is 1.55 bits per heavy atom. The molecule has 0 aliphatic carbocycles. The van der Waals surface area contributed by atoms with Gasteiger partial charge in [0.25, 0.3) is 0 Å². The van der Waals surface area contributed by atoms with Gasteiger partial charge in [0.1, 0.15) is 24.4 Å². The van der Waals surface area contributed by atoms with E-state index in [2.05, 4.69) is 9.97 Å². The predicted octanol–water partition coefficient (Wildman–Crippen LogP) is -0.257. The molecule has 1 N–H and O–H groups in total. The van der Waals surface area contributed by atoms with Crippen molar-refractivity contribution in [3.8, 4) is 0 Å². The monoisotopic (exact) mass is 280 g/mol. The number of aliphatic hydroxyl groups excluding tert-OH is 1. The van der Waals surface area contributed by atoms with E-state index in [0.29, 0.717) is 25.5 Å². The number of nitrogens with zero attached hydrogens (tertiary/aromatic N) is 4. The van der Waals surface area contributed by atoms with E-state index < -0.39 is 6.61 Å². The zero-order valence-corrected chi connectivity index (χ0v) is 12.0. The summed E-state index contributed by atoms with van der Waals surface area (Å²) < 4.78 is 5.69. The van der Waals surface area contributed by atoms with Crippen molar-refractivity contribution in [2.75, 3.05) is 45.3 Å². The molecule has 7 heteroatoms. The van der Waals surface area contributed by atoms with E-state index in [1.54, 1.807) is 4.90 Å². The molecule has 1 aromatic heterocycles. The molecule has 0 aromatic carbocycles. The molecule has 1 aliphatic rings. The lowest BCUT2D eigenvalue weighted by Gasteiger charge is -2.32. The third kappa shape index (κ3) is 3.23. The molecule has 0 bridgehead atoms. The maximum Gasteiger partial charge on any atom is 0.248 e. The summed E-state index contributed by atoms with van der Waals surface area (Å²) in [5.41, 5.74) is 0.761. The molecule has 110 valence electrons. The fourth-order valence-electron chi connectivity index (χ4n) is 2.12. The van der Waals surface area contributed by atoms with Crippen LogP contribution in [0, 0.1) is 6.92 Å². The highest BCUT2D eigenvalue weighted by atomic mass is 16.5. The molecule has 2 heterocycles. The van der Waals surface area contributed by atoms with Gasteiger partial charge in [-0.1, -0.05) is 0 Å². The van der Waals surface area contributed by atoms with Crippen molar-refractivity contribution in [1.29, 1.82) is 0 Å². The van der Waals surface area contributed by atoms with Crippen molar-refractivity contribution in [2.24, 2.45) is 0 Å². The molecular weight excluding hydrogens is 260 g/mol. The second-order valence-corrected chi connectivity index (χ2v) is 4.95. The van der Waals surface area contributed by atoms with Gasteiger partial charge >= 0.3 is 0 Å². The number of carbonyl (C=O) groups is 1. The summed E-state index contributed by atoms with van der Waals surface area (Å²) in [6.45, 7) is 2.70. The molecule has 0 spiro atoms. The number of amides is 1. The van der Waals surface area contributed by atoms with Gasteiger partial charge in [0.05, 0.1) is 18.8 Å². The average molecular weight is 280 g/mol. The van der Waals surface area contributed by atoms with Crippen LogP contribution in [0.25, 0.3) is 0 Å². The number of aromatic nitrogens is 2. The highest BCUT2D eigenvalue weighted by molar-refractivity contribution is 5.77. The first kappa shape index (κ1) is 14.7. The highest BCUT2D eigenvalue weighted by Gasteiger charge is 2.26. The van der Waals surface area contributed by atoms with Gasteiger partial charge in [-0.25, -0.2) is 9.97 Å². The van der Waals surface area contributed by atoms with Crippen LogP contribution < -0.4 is 4.90 Å². The van der Waals surface area contributed by atoms with Crippen molar-refractivity contribution in [3.05, 3.63) is 17.6 Å². The zero-order chi connectivity index (χ0) is 14.7. The molecule has 1 aromatic rings. The van der Waals surface area contributed by atoms with Crippen LogP contribution >= 0.6 is 0 Å². The number of aliphatic hydroxyl groups is 1. The van der Waals surface area contributed by atoms with Crippen LogP contribution in [-0.2, 0) is 9.53 Å². The molecular formula is C13H20N4O3. The summed E-state index contributed by atoms with van der Waals surface area (Å²) in [6.07, 6.45) is -0.278. The van der Waals surface area contributed by atoms with E-state index in [0.717, 1.165) is 11.5 Å².